The molecule has 0 aromatic heterocycles. The van der Waals surface area contributed by atoms with Gasteiger partial charge >= 0.3 is 5.97 Å². The standard InChI is InChI=1S/C7H7FN2O2.2ClH/c8-5-3-1-2-4(7(11)12)6(5)10-9;;/h1-3,10H,9H2,(H,11,12);2*1H. The first-order valence-corrected chi connectivity index (χ1v) is 3.15. The highest BCUT2D eigenvalue weighted by Gasteiger charge is 2.12. The van der Waals surface area contributed by atoms with Crippen molar-refractivity contribution in [3.05, 3.63) is 29.6 Å². The lowest BCUT2D eigenvalue weighted by Crippen LogP contribution is -2.13. The highest BCUT2D eigenvalue weighted by atomic mass is 35.5. The number of hydrazine groups is 1. The SMILES string of the molecule is Cl.Cl.NNc1c(F)cccc1C(=O)O. The summed E-state index contributed by atoms with van der Waals surface area (Å²) in [6.07, 6.45) is 0. The van der Waals surface area contributed by atoms with Crippen molar-refractivity contribution in [2.24, 2.45) is 5.84 Å². The molecule has 4 nitrogen and oxygen atoms in total. The molecule has 0 unspecified atom stereocenters. The van der Waals surface area contributed by atoms with Crippen molar-refractivity contribution >= 4 is 36.5 Å². The van der Waals surface area contributed by atoms with Gasteiger partial charge in [-0.15, -0.1) is 24.8 Å². The Balaban J connectivity index is 0. The molecule has 0 aliphatic rings. The van der Waals surface area contributed by atoms with E-state index in [9.17, 15) is 9.18 Å². The molecule has 0 atom stereocenters. The lowest BCUT2D eigenvalue weighted by molar-refractivity contribution is 0.0697. The summed E-state index contributed by atoms with van der Waals surface area (Å²) < 4.78 is 12.8. The van der Waals surface area contributed by atoms with Gasteiger partial charge in [-0.1, -0.05) is 6.07 Å². The van der Waals surface area contributed by atoms with Crippen LogP contribution < -0.4 is 11.3 Å². The van der Waals surface area contributed by atoms with Gasteiger partial charge in [-0.25, -0.2) is 9.18 Å². The second-order valence-corrected chi connectivity index (χ2v) is 2.11. The van der Waals surface area contributed by atoms with Gasteiger partial charge in [-0.05, 0) is 12.1 Å². The molecule has 1 rings (SSSR count). The van der Waals surface area contributed by atoms with Gasteiger partial charge in [-0.2, -0.15) is 0 Å². The van der Waals surface area contributed by atoms with Crippen molar-refractivity contribution < 1.29 is 14.3 Å². The molecule has 0 spiro atoms. The van der Waals surface area contributed by atoms with E-state index in [0.29, 0.717) is 0 Å². The monoisotopic (exact) mass is 242 g/mol. The number of hydrogen-bond donors (Lipinski definition) is 3. The molecule has 0 aliphatic carbocycles. The van der Waals surface area contributed by atoms with Crippen molar-refractivity contribution in [1.82, 2.24) is 0 Å². The minimum Gasteiger partial charge on any atom is -0.478 e. The van der Waals surface area contributed by atoms with E-state index < -0.39 is 11.8 Å². The summed E-state index contributed by atoms with van der Waals surface area (Å²) in [5.41, 5.74) is 1.60. The number of nitrogens with one attached hydrogen (secondary N) is 1. The van der Waals surface area contributed by atoms with Crippen LogP contribution in [0.5, 0.6) is 0 Å². The number of halogens is 3. The third-order valence-corrected chi connectivity index (χ3v) is 1.39. The molecular weight excluding hydrogens is 234 g/mol. The van der Waals surface area contributed by atoms with Gasteiger partial charge in [0.2, 0.25) is 0 Å². The fraction of sp³-hybridized carbons (Fsp3) is 0. The van der Waals surface area contributed by atoms with Crippen molar-refractivity contribution in [1.29, 1.82) is 0 Å². The maximum Gasteiger partial charge on any atom is 0.337 e. The van der Waals surface area contributed by atoms with Crippen LogP contribution in [0.2, 0.25) is 0 Å². The van der Waals surface area contributed by atoms with E-state index in [-0.39, 0.29) is 36.1 Å². The largest absolute Gasteiger partial charge is 0.478 e. The molecule has 1 aromatic rings. The normalized spacial score (nSPS) is 8.14. The molecule has 80 valence electrons. The summed E-state index contributed by atoms with van der Waals surface area (Å²) in [6, 6.07) is 3.70. The molecule has 0 bridgehead atoms. The van der Waals surface area contributed by atoms with Gasteiger partial charge in [0.1, 0.15) is 5.82 Å². The molecule has 0 saturated heterocycles. The van der Waals surface area contributed by atoms with Gasteiger partial charge in [0, 0.05) is 0 Å². The summed E-state index contributed by atoms with van der Waals surface area (Å²) in [7, 11) is 0. The van der Waals surface area contributed by atoms with Crippen LogP contribution in [0.3, 0.4) is 0 Å². The number of carboxylic acid groups (broad SMARTS) is 1. The molecule has 0 fully saturated rings. The first kappa shape index (κ1) is 15.4. The third-order valence-electron chi connectivity index (χ3n) is 1.39. The maximum absolute atomic E-state index is 12.8. The van der Waals surface area contributed by atoms with Gasteiger partial charge in [0.25, 0.3) is 0 Å². The summed E-state index contributed by atoms with van der Waals surface area (Å²) >= 11 is 0. The zero-order chi connectivity index (χ0) is 9.14. The summed E-state index contributed by atoms with van der Waals surface area (Å²) in [5, 5.41) is 8.56. The predicted molar refractivity (Wildman–Crippen MR) is 55.7 cm³/mol. The molecule has 0 amide bonds. The van der Waals surface area contributed by atoms with Crippen LogP contribution in [0.1, 0.15) is 10.4 Å². The van der Waals surface area contributed by atoms with E-state index in [2.05, 4.69) is 0 Å². The highest BCUT2D eigenvalue weighted by molar-refractivity contribution is 5.94. The number of carbonyl (C=O) groups is 1. The fourth-order valence-electron chi connectivity index (χ4n) is 0.849. The highest BCUT2D eigenvalue weighted by Crippen LogP contribution is 2.17. The number of nitrogen functional groups attached to an aromatic ring is 1. The van der Waals surface area contributed by atoms with Crippen LogP contribution in [0.15, 0.2) is 18.2 Å². The predicted octanol–water partition coefficient (Wildman–Crippen LogP) is 1.65. The third kappa shape index (κ3) is 3.02. The summed E-state index contributed by atoms with van der Waals surface area (Å²) in [6.45, 7) is 0. The number of para-hydroxylation sites is 1. The Labute approximate surface area is 92.1 Å². The summed E-state index contributed by atoms with van der Waals surface area (Å²) in [5.74, 6) is 3.03. The quantitative estimate of drug-likeness (QED) is 0.545. The van der Waals surface area contributed by atoms with Gasteiger partial charge in [0.05, 0.1) is 11.3 Å². The number of nitrogens with two attached hydrogens (primary N) is 1. The Bertz CT molecular complexity index is 323. The first-order chi connectivity index (χ1) is 5.66. The Hall–Kier alpha value is -1.04. The van der Waals surface area contributed by atoms with Crippen molar-refractivity contribution in [2.45, 2.75) is 0 Å². The first-order valence-electron chi connectivity index (χ1n) is 3.15. The van der Waals surface area contributed by atoms with E-state index >= 15 is 0 Å². The van der Waals surface area contributed by atoms with Crippen LogP contribution in [0.25, 0.3) is 0 Å². The van der Waals surface area contributed by atoms with Gasteiger partial charge < -0.3 is 10.5 Å². The molecule has 1 aromatic carbocycles. The molecular formula is C7H9Cl2FN2O2. The molecule has 7 heteroatoms. The lowest BCUT2D eigenvalue weighted by atomic mass is 10.2. The van der Waals surface area contributed by atoms with E-state index in [0.717, 1.165) is 6.07 Å². The molecule has 0 saturated carbocycles. The maximum atomic E-state index is 12.8. The van der Waals surface area contributed by atoms with Crippen LogP contribution in [0.4, 0.5) is 10.1 Å². The number of rotatable bonds is 2. The van der Waals surface area contributed by atoms with E-state index in [4.69, 9.17) is 10.9 Å². The van der Waals surface area contributed by atoms with Crippen molar-refractivity contribution in [2.75, 3.05) is 5.43 Å². The Morgan fingerprint density at radius 3 is 2.36 bits per heavy atom. The Morgan fingerprint density at radius 1 is 1.43 bits per heavy atom. The topological polar surface area (TPSA) is 75.3 Å². The fourth-order valence-corrected chi connectivity index (χ4v) is 0.849. The average Bonchev–Trinajstić information content (AvgIpc) is 2.03. The van der Waals surface area contributed by atoms with Gasteiger partial charge in [-0.3, -0.25) is 5.84 Å². The minimum atomic E-state index is -1.22. The second-order valence-electron chi connectivity index (χ2n) is 2.11. The number of benzene rings is 1. The van der Waals surface area contributed by atoms with Crippen LogP contribution in [0, 0.1) is 5.82 Å². The molecule has 4 N–H and O–H groups in total. The number of aromatic carboxylic acids is 1. The molecule has 0 heterocycles. The zero-order valence-corrected chi connectivity index (χ0v) is 8.49. The number of anilines is 1. The van der Waals surface area contributed by atoms with Crippen LogP contribution in [-0.2, 0) is 0 Å². The molecule has 0 aliphatic heterocycles. The smallest absolute Gasteiger partial charge is 0.337 e. The van der Waals surface area contributed by atoms with Crippen molar-refractivity contribution in [3.8, 4) is 0 Å². The van der Waals surface area contributed by atoms with E-state index in [1.807, 2.05) is 5.43 Å². The minimum absolute atomic E-state index is 0. The lowest BCUT2D eigenvalue weighted by Gasteiger charge is -2.04. The second kappa shape index (κ2) is 6.42. The Morgan fingerprint density at radius 2 is 2.00 bits per heavy atom. The van der Waals surface area contributed by atoms with Crippen LogP contribution >= 0.6 is 24.8 Å². The summed E-state index contributed by atoms with van der Waals surface area (Å²) in [4.78, 5) is 10.5. The molecule has 0 radical (unpaired) electrons. The van der Waals surface area contributed by atoms with E-state index in [1.165, 1.54) is 12.1 Å². The zero-order valence-electron chi connectivity index (χ0n) is 6.86. The Kier molecular flexibility index (Phi) is 7.08. The van der Waals surface area contributed by atoms with Gasteiger partial charge in [0.15, 0.2) is 0 Å². The van der Waals surface area contributed by atoms with E-state index in [1.54, 1.807) is 0 Å². The van der Waals surface area contributed by atoms with Crippen LogP contribution in [-0.4, -0.2) is 11.1 Å². The van der Waals surface area contributed by atoms with Crippen molar-refractivity contribution in [3.63, 3.8) is 0 Å². The average molecular weight is 243 g/mol. The number of hydrogen-bond acceptors (Lipinski definition) is 3. The number of carboxylic acids is 1. The molecule has 14 heavy (non-hydrogen) atoms.